The normalized spacial score (nSPS) is 12.2. The summed E-state index contributed by atoms with van der Waals surface area (Å²) in [6, 6.07) is 15.8. The van der Waals surface area contributed by atoms with Crippen LogP contribution in [0.15, 0.2) is 48.5 Å². The molecule has 1 unspecified atom stereocenters. The van der Waals surface area contributed by atoms with Crippen molar-refractivity contribution in [2.75, 3.05) is 13.7 Å². The van der Waals surface area contributed by atoms with Gasteiger partial charge >= 0.3 is 0 Å². The summed E-state index contributed by atoms with van der Waals surface area (Å²) in [7, 11) is 1.66. The Kier molecular flexibility index (Phi) is 4.24. The molecular weight excluding hydrogens is 246 g/mol. The van der Waals surface area contributed by atoms with Crippen molar-refractivity contribution >= 4 is 11.6 Å². The Hall–Kier alpha value is -1.51. The quantitative estimate of drug-likeness (QED) is 0.915. The van der Waals surface area contributed by atoms with Crippen molar-refractivity contribution in [1.29, 1.82) is 0 Å². The van der Waals surface area contributed by atoms with Crippen LogP contribution in [0.25, 0.3) is 0 Å². The van der Waals surface area contributed by atoms with Crippen molar-refractivity contribution in [3.63, 3.8) is 0 Å². The molecule has 3 heteroatoms. The van der Waals surface area contributed by atoms with Crippen LogP contribution in [0.3, 0.4) is 0 Å². The molecule has 2 aromatic rings. The number of methoxy groups -OCH3 is 1. The molecule has 94 valence electrons. The van der Waals surface area contributed by atoms with Crippen molar-refractivity contribution in [2.24, 2.45) is 5.73 Å². The van der Waals surface area contributed by atoms with E-state index < -0.39 is 0 Å². The fourth-order valence-corrected chi connectivity index (χ4v) is 2.29. The largest absolute Gasteiger partial charge is 0.496 e. The Morgan fingerprint density at radius 2 is 1.89 bits per heavy atom. The first kappa shape index (κ1) is 12.9. The topological polar surface area (TPSA) is 35.2 Å². The van der Waals surface area contributed by atoms with Crippen LogP contribution >= 0.6 is 11.6 Å². The second kappa shape index (κ2) is 5.89. The van der Waals surface area contributed by atoms with E-state index in [1.54, 1.807) is 7.11 Å². The van der Waals surface area contributed by atoms with Gasteiger partial charge in [-0.25, -0.2) is 0 Å². The third-order valence-electron chi connectivity index (χ3n) is 3.00. The van der Waals surface area contributed by atoms with Crippen molar-refractivity contribution in [3.8, 4) is 5.75 Å². The average Bonchev–Trinajstić information content (AvgIpc) is 2.41. The van der Waals surface area contributed by atoms with Crippen molar-refractivity contribution in [2.45, 2.75) is 5.92 Å². The zero-order valence-electron chi connectivity index (χ0n) is 10.3. The smallest absolute Gasteiger partial charge is 0.122 e. The van der Waals surface area contributed by atoms with Crippen LogP contribution in [-0.2, 0) is 0 Å². The summed E-state index contributed by atoms with van der Waals surface area (Å²) in [6.07, 6.45) is 0. The van der Waals surface area contributed by atoms with Gasteiger partial charge in [0.15, 0.2) is 0 Å². The molecule has 2 nitrogen and oxygen atoms in total. The Bertz CT molecular complexity index is 513. The molecule has 1 atom stereocenters. The van der Waals surface area contributed by atoms with Gasteiger partial charge in [0, 0.05) is 23.0 Å². The van der Waals surface area contributed by atoms with Crippen LogP contribution in [0.4, 0.5) is 0 Å². The van der Waals surface area contributed by atoms with E-state index in [4.69, 9.17) is 22.1 Å². The maximum absolute atomic E-state index is 6.07. The average molecular weight is 262 g/mol. The number of hydrogen-bond donors (Lipinski definition) is 1. The molecule has 2 N–H and O–H groups in total. The van der Waals surface area contributed by atoms with Gasteiger partial charge in [0.05, 0.1) is 7.11 Å². The molecule has 0 fully saturated rings. The lowest BCUT2D eigenvalue weighted by molar-refractivity contribution is 0.407. The lowest BCUT2D eigenvalue weighted by Crippen LogP contribution is -2.14. The van der Waals surface area contributed by atoms with Crippen molar-refractivity contribution in [3.05, 3.63) is 64.7 Å². The molecule has 18 heavy (non-hydrogen) atoms. The van der Waals surface area contributed by atoms with Crippen molar-refractivity contribution in [1.82, 2.24) is 0 Å². The summed E-state index contributed by atoms with van der Waals surface area (Å²) >= 11 is 6.07. The fourth-order valence-electron chi connectivity index (χ4n) is 2.11. The number of ether oxygens (including phenoxy) is 1. The summed E-state index contributed by atoms with van der Waals surface area (Å²) in [6.45, 7) is 0.515. The molecule has 0 radical (unpaired) electrons. The zero-order chi connectivity index (χ0) is 13.0. The summed E-state index contributed by atoms with van der Waals surface area (Å²) in [5, 5.41) is 0.695. The summed E-state index contributed by atoms with van der Waals surface area (Å²) in [4.78, 5) is 0. The number of benzene rings is 2. The Morgan fingerprint density at radius 1 is 1.17 bits per heavy atom. The van der Waals surface area contributed by atoms with Gasteiger partial charge in [0.25, 0.3) is 0 Å². The molecule has 0 amide bonds. The second-order valence-corrected chi connectivity index (χ2v) is 4.52. The van der Waals surface area contributed by atoms with Gasteiger partial charge in [0.2, 0.25) is 0 Å². The van der Waals surface area contributed by atoms with Crippen molar-refractivity contribution < 1.29 is 4.74 Å². The van der Waals surface area contributed by atoms with Gasteiger partial charge in [-0.2, -0.15) is 0 Å². The lowest BCUT2D eigenvalue weighted by Gasteiger charge is -2.19. The Morgan fingerprint density at radius 3 is 2.50 bits per heavy atom. The van der Waals surface area contributed by atoms with Gasteiger partial charge in [-0.05, 0) is 23.8 Å². The van der Waals surface area contributed by atoms with E-state index in [2.05, 4.69) is 12.1 Å². The third-order valence-corrected chi connectivity index (χ3v) is 3.24. The monoisotopic (exact) mass is 261 g/mol. The van der Waals surface area contributed by atoms with Crippen LogP contribution < -0.4 is 10.5 Å². The first-order valence-corrected chi connectivity index (χ1v) is 6.22. The van der Waals surface area contributed by atoms with E-state index in [9.17, 15) is 0 Å². The van der Waals surface area contributed by atoms with E-state index in [1.807, 2.05) is 36.4 Å². The summed E-state index contributed by atoms with van der Waals surface area (Å²) in [5.41, 5.74) is 8.11. The van der Waals surface area contributed by atoms with Gasteiger partial charge in [-0.3, -0.25) is 0 Å². The van der Waals surface area contributed by atoms with Gasteiger partial charge in [-0.15, -0.1) is 0 Å². The Labute approximate surface area is 112 Å². The summed E-state index contributed by atoms with van der Waals surface area (Å²) < 4.78 is 5.39. The molecule has 0 heterocycles. The van der Waals surface area contributed by atoms with E-state index in [1.165, 1.54) is 5.56 Å². The number of hydrogen-bond acceptors (Lipinski definition) is 2. The van der Waals surface area contributed by atoms with E-state index >= 15 is 0 Å². The number of nitrogens with two attached hydrogens (primary N) is 1. The molecule has 0 spiro atoms. The highest BCUT2D eigenvalue weighted by Gasteiger charge is 2.17. The van der Waals surface area contributed by atoms with Gasteiger partial charge < -0.3 is 10.5 Å². The highest BCUT2D eigenvalue weighted by molar-refractivity contribution is 6.30. The Balaban J connectivity index is 2.48. The van der Waals surface area contributed by atoms with Gasteiger partial charge in [0.1, 0.15) is 5.75 Å². The van der Waals surface area contributed by atoms with E-state index in [0.717, 1.165) is 11.3 Å². The minimum absolute atomic E-state index is 0.0971. The summed E-state index contributed by atoms with van der Waals surface area (Å²) in [5.74, 6) is 0.915. The minimum atomic E-state index is 0.0971. The molecule has 0 aromatic heterocycles. The molecule has 0 saturated carbocycles. The highest BCUT2D eigenvalue weighted by Crippen LogP contribution is 2.33. The molecule has 2 aromatic carbocycles. The molecule has 0 saturated heterocycles. The fraction of sp³-hybridized carbons (Fsp3) is 0.200. The maximum atomic E-state index is 6.07. The molecule has 0 bridgehead atoms. The van der Waals surface area contributed by atoms with Crippen LogP contribution in [-0.4, -0.2) is 13.7 Å². The first-order valence-electron chi connectivity index (χ1n) is 5.84. The molecule has 0 aliphatic rings. The molecule has 0 aliphatic carbocycles. The minimum Gasteiger partial charge on any atom is -0.496 e. The molecule has 2 rings (SSSR count). The van der Waals surface area contributed by atoms with Crippen LogP contribution in [0.2, 0.25) is 5.02 Å². The molecule has 0 aliphatic heterocycles. The predicted molar refractivity (Wildman–Crippen MR) is 75.3 cm³/mol. The van der Waals surface area contributed by atoms with Gasteiger partial charge in [-0.1, -0.05) is 41.9 Å². The third kappa shape index (κ3) is 2.66. The first-order chi connectivity index (χ1) is 8.76. The second-order valence-electron chi connectivity index (χ2n) is 4.09. The number of halogens is 1. The maximum Gasteiger partial charge on any atom is 0.122 e. The predicted octanol–water partition coefficient (Wildman–Crippen LogP) is 3.44. The van der Waals surface area contributed by atoms with Crippen LogP contribution in [0.5, 0.6) is 5.75 Å². The van der Waals surface area contributed by atoms with E-state index in [0.29, 0.717) is 11.6 Å². The standard InChI is InChI=1S/C15H16ClNO/c1-18-15-8-7-12(16)9-13(15)14(10-17)11-5-3-2-4-6-11/h2-9,14H,10,17H2,1H3. The zero-order valence-corrected chi connectivity index (χ0v) is 11.0. The highest BCUT2D eigenvalue weighted by atomic mass is 35.5. The van der Waals surface area contributed by atoms with Crippen LogP contribution in [0.1, 0.15) is 17.0 Å². The van der Waals surface area contributed by atoms with Crippen LogP contribution in [0, 0.1) is 0 Å². The molecular formula is C15H16ClNO. The number of rotatable bonds is 4. The van der Waals surface area contributed by atoms with E-state index in [-0.39, 0.29) is 5.92 Å². The lowest BCUT2D eigenvalue weighted by atomic mass is 9.91. The SMILES string of the molecule is COc1ccc(Cl)cc1C(CN)c1ccccc1.